The van der Waals surface area contributed by atoms with Crippen molar-refractivity contribution >= 4 is 5.91 Å². The molecular formula is C16H18N2O3. The monoisotopic (exact) mass is 286 g/mol. The number of aryl methyl sites for hydroxylation is 1. The van der Waals surface area contributed by atoms with Crippen LogP contribution in [0.5, 0.6) is 5.75 Å². The first kappa shape index (κ1) is 15.0. The molecule has 5 nitrogen and oxygen atoms in total. The van der Waals surface area contributed by atoms with Gasteiger partial charge < -0.3 is 15.2 Å². The Morgan fingerprint density at radius 2 is 2.19 bits per heavy atom. The zero-order valence-corrected chi connectivity index (χ0v) is 12.0. The second-order valence-corrected chi connectivity index (χ2v) is 4.66. The SMILES string of the molecule is COc1cccc(C(O)C(=O)NCc2ncccc2C)c1. The number of aliphatic hydroxyl groups is 1. The lowest BCUT2D eigenvalue weighted by molar-refractivity contribution is -0.129. The van der Waals surface area contributed by atoms with Gasteiger partial charge in [-0.05, 0) is 36.2 Å². The number of carbonyl (C=O) groups excluding carboxylic acids is 1. The lowest BCUT2D eigenvalue weighted by atomic mass is 10.1. The molecule has 110 valence electrons. The first-order valence-electron chi connectivity index (χ1n) is 6.62. The Labute approximate surface area is 123 Å². The van der Waals surface area contributed by atoms with Crippen LogP contribution in [0.1, 0.15) is 22.9 Å². The van der Waals surface area contributed by atoms with Crippen LogP contribution in [0.15, 0.2) is 42.6 Å². The van der Waals surface area contributed by atoms with Crippen molar-refractivity contribution < 1.29 is 14.6 Å². The first-order valence-corrected chi connectivity index (χ1v) is 6.62. The topological polar surface area (TPSA) is 71.5 Å². The molecule has 5 heteroatoms. The van der Waals surface area contributed by atoms with E-state index < -0.39 is 12.0 Å². The third-order valence-electron chi connectivity index (χ3n) is 3.21. The van der Waals surface area contributed by atoms with Gasteiger partial charge in [-0.2, -0.15) is 0 Å². The average Bonchev–Trinajstić information content (AvgIpc) is 2.53. The number of rotatable bonds is 5. The molecule has 1 aromatic heterocycles. The molecule has 0 aliphatic carbocycles. The molecule has 0 radical (unpaired) electrons. The fraction of sp³-hybridized carbons (Fsp3) is 0.250. The molecule has 1 heterocycles. The molecule has 0 saturated heterocycles. The zero-order chi connectivity index (χ0) is 15.2. The highest BCUT2D eigenvalue weighted by Gasteiger charge is 2.17. The highest BCUT2D eigenvalue weighted by atomic mass is 16.5. The number of amides is 1. The van der Waals surface area contributed by atoms with E-state index in [9.17, 15) is 9.90 Å². The Kier molecular flexibility index (Phi) is 4.90. The van der Waals surface area contributed by atoms with Gasteiger partial charge in [0.15, 0.2) is 6.10 Å². The standard InChI is InChI=1S/C16H18N2O3/c1-11-5-4-8-17-14(11)10-18-16(20)15(19)12-6-3-7-13(9-12)21-2/h3-9,15,19H,10H2,1-2H3,(H,18,20). The number of methoxy groups -OCH3 is 1. The van der Waals surface area contributed by atoms with Crippen molar-refractivity contribution in [3.8, 4) is 5.75 Å². The summed E-state index contributed by atoms with van der Waals surface area (Å²) in [7, 11) is 1.54. The number of pyridine rings is 1. The minimum Gasteiger partial charge on any atom is -0.497 e. The molecule has 1 atom stereocenters. The van der Waals surface area contributed by atoms with E-state index in [4.69, 9.17) is 4.74 Å². The predicted octanol–water partition coefficient (Wildman–Crippen LogP) is 1.75. The van der Waals surface area contributed by atoms with Gasteiger partial charge >= 0.3 is 0 Å². The number of ether oxygens (including phenoxy) is 1. The van der Waals surface area contributed by atoms with Gasteiger partial charge in [-0.3, -0.25) is 9.78 Å². The summed E-state index contributed by atoms with van der Waals surface area (Å²) in [4.78, 5) is 16.2. The second-order valence-electron chi connectivity index (χ2n) is 4.66. The van der Waals surface area contributed by atoms with Crippen LogP contribution >= 0.6 is 0 Å². The lowest BCUT2D eigenvalue weighted by Gasteiger charge is -2.13. The highest BCUT2D eigenvalue weighted by molar-refractivity contribution is 5.82. The van der Waals surface area contributed by atoms with Crippen molar-refractivity contribution in [2.75, 3.05) is 7.11 Å². The molecule has 2 rings (SSSR count). The molecule has 0 saturated carbocycles. The largest absolute Gasteiger partial charge is 0.497 e. The molecule has 1 unspecified atom stereocenters. The van der Waals surface area contributed by atoms with Gasteiger partial charge in [0.1, 0.15) is 5.75 Å². The molecular weight excluding hydrogens is 268 g/mol. The molecule has 0 aliphatic heterocycles. The van der Waals surface area contributed by atoms with Crippen molar-refractivity contribution in [2.24, 2.45) is 0 Å². The number of nitrogens with one attached hydrogen (secondary N) is 1. The van der Waals surface area contributed by atoms with Crippen LogP contribution in [0.2, 0.25) is 0 Å². The maximum Gasteiger partial charge on any atom is 0.253 e. The molecule has 21 heavy (non-hydrogen) atoms. The number of hydrogen-bond donors (Lipinski definition) is 2. The molecule has 0 bridgehead atoms. The van der Waals surface area contributed by atoms with Gasteiger partial charge in [0.2, 0.25) is 0 Å². The molecule has 1 amide bonds. The van der Waals surface area contributed by atoms with Crippen LogP contribution in [0.3, 0.4) is 0 Å². The molecule has 0 spiro atoms. The third kappa shape index (κ3) is 3.79. The van der Waals surface area contributed by atoms with Crippen LogP contribution in [0.4, 0.5) is 0 Å². The molecule has 0 aliphatic rings. The van der Waals surface area contributed by atoms with Gasteiger partial charge in [-0.25, -0.2) is 0 Å². The van der Waals surface area contributed by atoms with Crippen LogP contribution in [0, 0.1) is 6.92 Å². The van der Waals surface area contributed by atoms with Crippen molar-refractivity contribution in [2.45, 2.75) is 19.6 Å². The Bertz CT molecular complexity index is 628. The number of nitrogens with zero attached hydrogens (tertiary/aromatic N) is 1. The molecule has 2 N–H and O–H groups in total. The van der Waals surface area contributed by atoms with E-state index in [-0.39, 0.29) is 6.54 Å². The van der Waals surface area contributed by atoms with E-state index >= 15 is 0 Å². The predicted molar refractivity (Wildman–Crippen MR) is 78.8 cm³/mol. The average molecular weight is 286 g/mol. The number of carbonyl (C=O) groups is 1. The lowest BCUT2D eigenvalue weighted by Crippen LogP contribution is -2.29. The van der Waals surface area contributed by atoms with E-state index in [0.717, 1.165) is 11.3 Å². The van der Waals surface area contributed by atoms with Crippen LogP contribution in [-0.2, 0) is 11.3 Å². The van der Waals surface area contributed by atoms with Crippen molar-refractivity contribution in [1.29, 1.82) is 0 Å². The van der Waals surface area contributed by atoms with E-state index in [1.807, 2.05) is 19.1 Å². The summed E-state index contributed by atoms with van der Waals surface area (Å²) < 4.78 is 5.08. The van der Waals surface area contributed by atoms with Gasteiger partial charge in [0.25, 0.3) is 5.91 Å². The van der Waals surface area contributed by atoms with Crippen LogP contribution < -0.4 is 10.1 Å². The smallest absolute Gasteiger partial charge is 0.253 e. The summed E-state index contributed by atoms with van der Waals surface area (Å²) in [6.07, 6.45) is 0.441. The van der Waals surface area contributed by atoms with E-state index in [1.54, 1.807) is 30.5 Å². The number of aromatic nitrogens is 1. The Morgan fingerprint density at radius 1 is 1.38 bits per heavy atom. The Morgan fingerprint density at radius 3 is 2.90 bits per heavy atom. The molecule has 0 fully saturated rings. The Hall–Kier alpha value is -2.40. The summed E-state index contributed by atoms with van der Waals surface area (Å²) in [5, 5.41) is 12.8. The zero-order valence-electron chi connectivity index (χ0n) is 12.0. The fourth-order valence-electron chi connectivity index (χ4n) is 1.93. The van der Waals surface area contributed by atoms with Gasteiger partial charge in [0, 0.05) is 6.20 Å². The van der Waals surface area contributed by atoms with Crippen molar-refractivity contribution in [1.82, 2.24) is 10.3 Å². The van der Waals surface area contributed by atoms with Gasteiger partial charge in [-0.1, -0.05) is 18.2 Å². The minimum absolute atomic E-state index is 0.284. The number of hydrogen-bond acceptors (Lipinski definition) is 4. The molecule has 1 aromatic carbocycles. The third-order valence-corrected chi connectivity index (χ3v) is 3.21. The van der Waals surface area contributed by atoms with Crippen molar-refractivity contribution in [3.63, 3.8) is 0 Å². The summed E-state index contributed by atoms with van der Waals surface area (Å²) in [5.74, 6) is 0.133. The summed E-state index contributed by atoms with van der Waals surface area (Å²) >= 11 is 0. The maximum absolute atomic E-state index is 12.0. The van der Waals surface area contributed by atoms with Crippen molar-refractivity contribution in [3.05, 3.63) is 59.4 Å². The summed E-state index contributed by atoms with van der Waals surface area (Å²) in [5.41, 5.74) is 2.27. The van der Waals surface area contributed by atoms with Crippen LogP contribution in [0.25, 0.3) is 0 Å². The van der Waals surface area contributed by atoms with Gasteiger partial charge in [-0.15, -0.1) is 0 Å². The van der Waals surface area contributed by atoms with E-state index in [0.29, 0.717) is 11.3 Å². The normalized spacial score (nSPS) is 11.8. The van der Waals surface area contributed by atoms with Crippen LogP contribution in [-0.4, -0.2) is 23.1 Å². The van der Waals surface area contributed by atoms with E-state index in [2.05, 4.69) is 10.3 Å². The number of benzene rings is 1. The Balaban J connectivity index is 2.01. The van der Waals surface area contributed by atoms with E-state index in [1.165, 1.54) is 7.11 Å². The highest BCUT2D eigenvalue weighted by Crippen LogP contribution is 2.19. The fourth-order valence-corrected chi connectivity index (χ4v) is 1.93. The first-order chi connectivity index (χ1) is 10.1. The molecule has 2 aromatic rings. The number of aliphatic hydroxyl groups excluding tert-OH is 1. The second kappa shape index (κ2) is 6.85. The quantitative estimate of drug-likeness (QED) is 0.878. The van der Waals surface area contributed by atoms with Gasteiger partial charge in [0.05, 0.1) is 19.3 Å². The summed E-state index contributed by atoms with van der Waals surface area (Å²) in [6, 6.07) is 10.6. The minimum atomic E-state index is -1.23. The summed E-state index contributed by atoms with van der Waals surface area (Å²) in [6.45, 7) is 2.21. The maximum atomic E-state index is 12.0.